The maximum Gasteiger partial charge on any atom is 0.159 e. The van der Waals surface area contributed by atoms with Crippen LogP contribution in [-0.2, 0) is 0 Å². The van der Waals surface area contributed by atoms with Gasteiger partial charge < -0.3 is 5.32 Å². The van der Waals surface area contributed by atoms with Gasteiger partial charge in [-0.3, -0.25) is 0 Å². The van der Waals surface area contributed by atoms with E-state index >= 15 is 0 Å². The minimum absolute atomic E-state index is 0.0645. The first-order valence-electron chi connectivity index (χ1n) is 6.43. The third-order valence-corrected chi connectivity index (χ3v) is 4.55. The molecule has 4 heteroatoms. The van der Waals surface area contributed by atoms with Gasteiger partial charge in [-0.2, -0.15) is 11.8 Å². The van der Waals surface area contributed by atoms with Crippen molar-refractivity contribution in [2.24, 2.45) is 5.92 Å². The molecule has 0 spiro atoms. The van der Waals surface area contributed by atoms with E-state index in [4.69, 9.17) is 0 Å². The minimum Gasteiger partial charge on any atom is -0.310 e. The molecule has 1 aromatic rings. The normalized spacial score (nSPS) is 18.8. The molecule has 2 rings (SSSR count). The molecule has 0 aliphatic carbocycles. The van der Waals surface area contributed by atoms with Crippen LogP contribution in [0.1, 0.15) is 31.4 Å². The fraction of sp³-hybridized carbons (Fsp3) is 0.571. The summed E-state index contributed by atoms with van der Waals surface area (Å²) in [6.07, 6.45) is 2.50. The minimum atomic E-state index is -0.782. The number of hydrogen-bond acceptors (Lipinski definition) is 2. The Morgan fingerprint density at radius 3 is 2.67 bits per heavy atom. The highest BCUT2D eigenvalue weighted by Crippen LogP contribution is 2.23. The zero-order valence-electron chi connectivity index (χ0n) is 10.6. The fourth-order valence-corrected chi connectivity index (χ4v) is 3.40. The second-order valence-electron chi connectivity index (χ2n) is 4.86. The van der Waals surface area contributed by atoms with E-state index in [0.717, 1.165) is 18.0 Å². The Morgan fingerprint density at radius 1 is 1.28 bits per heavy atom. The number of rotatable bonds is 4. The SMILES string of the molecule is CC(NCC1CCSCC1)c1ccc(F)c(F)c1. The van der Waals surface area contributed by atoms with Gasteiger partial charge in [0.05, 0.1) is 0 Å². The quantitative estimate of drug-likeness (QED) is 0.895. The standard InChI is InChI=1S/C14H19F2NS/c1-10(12-2-3-13(15)14(16)8-12)17-9-11-4-6-18-7-5-11/h2-3,8,10-11,17H,4-7,9H2,1H3. The number of halogens is 2. The Hall–Kier alpha value is -0.610. The molecule has 1 unspecified atom stereocenters. The van der Waals surface area contributed by atoms with Crippen LogP contribution in [0.5, 0.6) is 0 Å². The summed E-state index contributed by atoms with van der Waals surface area (Å²) < 4.78 is 26.0. The van der Waals surface area contributed by atoms with Crippen molar-refractivity contribution in [1.82, 2.24) is 5.32 Å². The van der Waals surface area contributed by atoms with Gasteiger partial charge in [-0.05, 0) is 61.4 Å². The maximum atomic E-state index is 13.1. The summed E-state index contributed by atoms with van der Waals surface area (Å²) in [5, 5.41) is 3.42. The summed E-state index contributed by atoms with van der Waals surface area (Å²) in [5.74, 6) is 1.65. The summed E-state index contributed by atoms with van der Waals surface area (Å²) in [6.45, 7) is 2.95. The first-order valence-corrected chi connectivity index (χ1v) is 7.58. The van der Waals surface area contributed by atoms with Crippen LogP contribution in [0, 0.1) is 17.6 Å². The zero-order chi connectivity index (χ0) is 13.0. The molecule has 1 atom stereocenters. The molecule has 0 amide bonds. The largest absolute Gasteiger partial charge is 0.310 e. The van der Waals surface area contributed by atoms with E-state index in [9.17, 15) is 8.78 Å². The van der Waals surface area contributed by atoms with Gasteiger partial charge in [0, 0.05) is 6.04 Å². The molecule has 1 aliphatic heterocycles. The Labute approximate surface area is 111 Å². The second-order valence-corrected chi connectivity index (χ2v) is 6.08. The molecule has 18 heavy (non-hydrogen) atoms. The summed E-state index contributed by atoms with van der Waals surface area (Å²) in [7, 11) is 0. The highest BCUT2D eigenvalue weighted by molar-refractivity contribution is 7.99. The van der Waals surface area contributed by atoms with E-state index in [-0.39, 0.29) is 6.04 Å². The molecular formula is C14H19F2NS. The highest BCUT2D eigenvalue weighted by atomic mass is 32.2. The maximum absolute atomic E-state index is 13.1. The van der Waals surface area contributed by atoms with Crippen LogP contribution in [0.25, 0.3) is 0 Å². The molecule has 1 aliphatic rings. The average molecular weight is 271 g/mol. The Kier molecular flexibility index (Phi) is 5.01. The van der Waals surface area contributed by atoms with Crippen molar-refractivity contribution in [3.63, 3.8) is 0 Å². The molecule has 1 nitrogen and oxygen atoms in total. The summed E-state index contributed by atoms with van der Waals surface area (Å²) in [5.41, 5.74) is 0.805. The van der Waals surface area contributed by atoms with E-state index < -0.39 is 11.6 Å². The van der Waals surface area contributed by atoms with Gasteiger partial charge in [0.1, 0.15) is 0 Å². The fourth-order valence-electron chi connectivity index (χ4n) is 2.19. The summed E-state index contributed by atoms with van der Waals surface area (Å²) >= 11 is 2.01. The lowest BCUT2D eigenvalue weighted by molar-refractivity contribution is 0.419. The highest BCUT2D eigenvalue weighted by Gasteiger charge is 2.15. The van der Waals surface area contributed by atoms with Crippen molar-refractivity contribution >= 4 is 11.8 Å². The lowest BCUT2D eigenvalue weighted by Crippen LogP contribution is -2.28. The van der Waals surface area contributed by atoms with Crippen molar-refractivity contribution in [3.8, 4) is 0 Å². The lowest BCUT2D eigenvalue weighted by Gasteiger charge is -2.24. The van der Waals surface area contributed by atoms with E-state index in [1.807, 2.05) is 18.7 Å². The van der Waals surface area contributed by atoms with Gasteiger partial charge in [-0.15, -0.1) is 0 Å². The summed E-state index contributed by atoms with van der Waals surface area (Å²) in [6, 6.07) is 4.19. The molecule has 0 aromatic heterocycles. The number of thioether (sulfide) groups is 1. The van der Waals surface area contributed by atoms with Crippen molar-refractivity contribution in [2.45, 2.75) is 25.8 Å². The molecule has 1 N–H and O–H groups in total. The first-order chi connectivity index (χ1) is 8.66. The van der Waals surface area contributed by atoms with Gasteiger partial charge in [-0.25, -0.2) is 8.78 Å². The van der Waals surface area contributed by atoms with Crippen molar-refractivity contribution < 1.29 is 8.78 Å². The van der Waals surface area contributed by atoms with E-state index in [0.29, 0.717) is 0 Å². The van der Waals surface area contributed by atoms with Crippen LogP contribution < -0.4 is 5.32 Å². The molecule has 0 saturated carbocycles. The molecule has 1 fully saturated rings. The van der Waals surface area contributed by atoms with Crippen molar-refractivity contribution in [1.29, 1.82) is 0 Å². The van der Waals surface area contributed by atoms with Crippen LogP contribution in [0.2, 0.25) is 0 Å². The Bertz CT molecular complexity index is 391. The molecule has 1 saturated heterocycles. The van der Waals surface area contributed by atoms with Crippen LogP contribution in [0.4, 0.5) is 8.78 Å². The average Bonchev–Trinajstić information content (AvgIpc) is 2.40. The Morgan fingerprint density at radius 2 is 2.00 bits per heavy atom. The smallest absolute Gasteiger partial charge is 0.159 e. The van der Waals surface area contributed by atoms with Crippen molar-refractivity contribution in [3.05, 3.63) is 35.4 Å². The van der Waals surface area contributed by atoms with Gasteiger partial charge in [-0.1, -0.05) is 6.07 Å². The topological polar surface area (TPSA) is 12.0 Å². The number of benzene rings is 1. The molecule has 100 valence electrons. The van der Waals surface area contributed by atoms with E-state index in [2.05, 4.69) is 5.32 Å². The molecule has 1 aromatic carbocycles. The van der Waals surface area contributed by atoms with E-state index in [1.54, 1.807) is 6.07 Å². The Balaban J connectivity index is 1.86. The molecule has 1 heterocycles. The lowest BCUT2D eigenvalue weighted by atomic mass is 10.0. The van der Waals surface area contributed by atoms with Crippen LogP contribution >= 0.6 is 11.8 Å². The second kappa shape index (κ2) is 6.53. The molecule has 0 bridgehead atoms. The van der Waals surface area contributed by atoms with Crippen LogP contribution in [-0.4, -0.2) is 18.1 Å². The van der Waals surface area contributed by atoms with Crippen LogP contribution in [0.15, 0.2) is 18.2 Å². The first kappa shape index (κ1) is 13.8. The number of nitrogens with one attached hydrogen (secondary N) is 1. The van der Waals surface area contributed by atoms with Crippen LogP contribution in [0.3, 0.4) is 0 Å². The van der Waals surface area contributed by atoms with Gasteiger partial charge >= 0.3 is 0 Å². The van der Waals surface area contributed by atoms with Crippen molar-refractivity contribution in [2.75, 3.05) is 18.1 Å². The zero-order valence-corrected chi connectivity index (χ0v) is 11.4. The third-order valence-electron chi connectivity index (χ3n) is 3.50. The predicted octanol–water partition coefficient (Wildman–Crippen LogP) is 3.76. The van der Waals surface area contributed by atoms with Gasteiger partial charge in [0.2, 0.25) is 0 Å². The predicted molar refractivity (Wildman–Crippen MR) is 72.8 cm³/mol. The van der Waals surface area contributed by atoms with E-state index in [1.165, 1.54) is 36.5 Å². The van der Waals surface area contributed by atoms with Gasteiger partial charge in [0.25, 0.3) is 0 Å². The molecular weight excluding hydrogens is 252 g/mol. The molecule has 0 radical (unpaired) electrons. The van der Waals surface area contributed by atoms with Gasteiger partial charge in [0.15, 0.2) is 11.6 Å². The third kappa shape index (κ3) is 3.69. The summed E-state index contributed by atoms with van der Waals surface area (Å²) in [4.78, 5) is 0. The monoisotopic (exact) mass is 271 g/mol. The number of hydrogen-bond donors (Lipinski definition) is 1.